The highest BCUT2D eigenvalue weighted by molar-refractivity contribution is 8.00. The Balaban J connectivity index is 1.59. The van der Waals surface area contributed by atoms with Crippen molar-refractivity contribution in [2.45, 2.75) is 50.6 Å². The zero-order chi connectivity index (χ0) is 19.8. The van der Waals surface area contributed by atoms with E-state index in [2.05, 4.69) is 48.4 Å². The van der Waals surface area contributed by atoms with Gasteiger partial charge in [0.1, 0.15) is 0 Å². The van der Waals surface area contributed by atoms with E-state index < -0.39 is 0 Å². The van der Waals surface area contributed by atoms with Crippen LogP contribution < -0.4 is 4.90 Å². The first-order chi connectivity index (χ1) is 13.5. The summed E-state index contributed by atoms with van der Waals surface area (Å²) in [6.45, 7) is 8.13. The first kappa shape index (κ1) is 18.7. The fourth-order valence-electron chi connectivity index (χ4n) is 3.67. The minimum Gasteiger partial charge on any atom is -0.308 e. The molecule has 7 heteroatoms. The van der Waals surface area contributed by atoms with E-state index in [1.54, 1.807) is 4.68 Å². The maximum atomic E-state index is 13.2. The summed E-state index contributed by atoms with van der Waals surface area (Å²) >= 11 is 1.39. The number of aryl methyl sites for hydroxylation is 1. The summed E-state index contributed by atoms with van der Waals surface area (Å²) in [6, 6.07) is 14.3. The number of thioether (sulfide) groups is 1. The lowest BCUT2D eigenvalue weighted by molar-refractivity contribution is -0.118. The molecule has 1 amide bonds. The third-order valence-corrected chi connectivity index (χ3v) is 6.34. The molecule has 2 unspecified atom stereocenters. The molecule has 0 bridgehead atoms. The maximum absolute atomic E-state index is 13.2. The highest BCUT2D eigenvalue weighted by atomic mass is 32.2. The monoisotopic (exact) mass is 393 g/mol. The van der Waals surface area contributed by atoms with E-state index in [1.807, 2.05) is 42.2 Å². The van der Waals surface area contributed by atoms with Crippen LogP contribution in [0.1, 0.15) is 30.5 Å². The van der Waals surface area contributed by atoms with Gasteiger partial charge in [0.05, 0.1) is 10.9 Å². The van der Waals surface area contributed by atoms with Crippen LogP contribution in [0.25, 0.3) is 5.69 Å². The first-order valence-corrected chi connectivity index (χ1v) is 10.3. The molecular formula is C21H23N5OS. The van der Waals surface area contributed by atoms with Crippen molar-refractivity contribution in [1.82, 2.24) is 20.2 Å². The molecule has 0 radical (unpaired) electrons. The SMILES string of the molecule is Cc1cccc(-n2nnnc2SC(C)C(=O)N2c3ccccc3CC2C)c1C. The van der Waals surface area contributed by atoms with Crippen LogP contribution in [0, 0.1) is 13.8 Å². The lowest BCUT2D eigenvalue weighted by Gasteiger charge is -2.25. The van der Waals surface area contributed by atoms with Crippen LogP contribution in [0.15, 0.2) is 47.6 Å². The summed E-state index contributed by atoms with van der Waals surface area (Å²) < 4.78 is 1.72. The molecule has 1 aliphatic rings. The minimum absolute atomic E-state index is 0.0814. The molecule has 6 nitrogen and oxygen atoms in total. The molecule has 4 rings (SSSR count). The molecule has 0 spiro atoms. The van der Waals surface area contributed by atoms with E-state index in [1.165, 1.54) is 22.9 Å². The Hall–Kier alpha value is -2.67. The van der Waals surface area contributed by atoms with Crippen molar-refractivity contribution in [3.63, 3.8) is 0 Å². The first-order valence-electron chi connectivity index (χ1n) is 9.40. The van der Waals surface area contributed by atoms with E-state index in [0.717, 1.165) is 23.4 Å². The summed E-state index contributed by atoms with van der Waals surface area (Å²) in [4.78, 5) is 15.2. The van der Waals surface area contributed by atoms with Gasteiger partial charge in [-0.15, -0.1) is 5.10 Å². The Morgan fingerprint density at radius 3 is 2.71 bits per heavy atom. The van der Waals surface area contributed by atoms with Gasteiger partial charge in [-0.3, -0.25) is 4.79 Å². The van der Waals surface area contributed by atoms with E-state index in [4.69, 9.17) is 0 Å². The second-order valence-corrected chi connectivity index (χ2v) is 8.55. The molecule has 28 heavy (non-hydrogen) atoms. The number of tetrazole rings is 1. The smallest absolute Gasteiger partial charge is 0.240 e. The number of hydrogen-bond acceptors (Lipinski definition) is 5. The topological polar surface area (TPSA) is 63.9 Å². The average Bonchev–Trinajstić information content (AvgIpc) is 3.26. The largest absolute Gasteiger partial charge is 0.308 e. The summed E-state index contributed by atoms with van der Waals surface area (Å²) in [5.74, 6) is 0.0814. The van der Waals surface area contributed by atoms with Gasteiger partial charge in [0.2, 0.25) is 11.1 Å². The lowest BCUT2D eigenvalue weighted by atomic mass is 10.1. The van der Waals surface area contributed by atoms with Crippen LogP contribution in [-0.4, -0.2) is 37.4 Å². The predicted octanol–water partition coefficient (Wildman–Crippen LogP) is 3.74. The highest BCUT2D eigenvalue weighted by Gasteiger charge is 2.34. The highest BCUT2D eigenvalue weighted by Crippen LogP contribution is 2.34. The van der Waals surface area contributed by atoms with Gasteiger partial charge in [0.15, 0.2) is 0 Å². The Bertz CT molecular complexity index is 1030. The molecule has 1 aromatic heterocycles. The molecule has 144 valence electrons. The number of benzene rings is 2. The van der Waals surface area contributed by atoms with Crippen LogP contribution in [0.3, 0.4) is 0 Å². The number of carbonyl (C=O) groups is 1. The number of hydrogen-bond donors (Lipinski definition) is 0. The van der Waals surface area contributed by atoms with Gasteiger partial charge in [0, 0.05) is 11.7 Å². The molecule has 1 aliphatic heterocycles. The van der Waals surface area contributed by atoms with Gasteiger partial charge in [-0.25, -0.2) is 0 Å². The van der Waals surface area contributed by atoms with Gasteiger partial charge in [-0.2, -0.15) is 4.68 Å². The minimum atomic E-state index is -0.302. The van der Waals surface area contributed by atoms with E-state index in [0.29, 0.717) is 5.16 Å². The van der Waals surface area contributed by atoms with E-state index in [9.17, 15) is 4.79 Å². The Morgan fingerprint density at radius 2 is 1.89 bits per heavy atom. The van der Waals surface area contributed by atoms with Crippen LogP contribution in [0.5, 0.6) is 0 Å². The standard InChI is InChI=1S/C21H23N5OS/c1-13-8-7-11-18(15(13)3)26-21(22-23-24-26)28-16(4)20(27)25-14(2)12-17-9-5-6-10-19(17)25/h5-11,14,16H,12H2,1-4H3. The van der Waals surface area contributed by atoms with Gasteiger partial charge in [-0.1, -0.05) is 42.1 Å². The second-order valence-electron chi connectivity index (χ2n) is 7.24. The Kier molecular flexibility index (Phi) is 4.93. The average molecular weight is 394 g/mol. The zero-order valence-corrected chi connectivity index (χ0v) is 17.3. The fraction of sp³-hybridized carbons (Fsp3) is 0.333. The predicted molar refractivity (Wildman–Crippen MR) is 111 cm³/mol. The molecule has 2 aromatic carbocycles. The number of nitrogens with zero attached hydrogens (tertiary/aromatic N) is 5. The summed E-state index contributed by atoms with van der Waals surface area (Å²) in [6.07, 6.45) is 0.888. The van der Waals surface area contributed by atoms with Crippen molar-refractivity contribution in [2.24, 2.45) is 0 Å². The van der Waals surface area contributed by atoms with Crippen molar-refractivity contribution in [3.8, 4) is 5.69 Å². The number of anilines is 1. The molecule has 0 saturated carbocycles. The number of aromatic nitrogens is 4. The van der Waals surface area contributed by atoms with Gasteiger partial charge in [0.25, 0.3) is 0 Å². The molecule has 3 aromatic rings. The molecule has 0 saturated heterocycles. The number of fused-ring (bicyclic) bond motifs is 1. The van der Waals surface area contributed by atoms with Crippen molar-refractivity contribution in [2.75, 3.05) is 4.90 Å². The second kappa shape index (κ2) is 7.39. The zero-order valence-electron chi connectivity index (χ0n) is 16.5. The summed E-state index contributed by atoms with van der Waals surface area (Å²) in [5, 5.41) is 12.5. The van der Waals surface area contributed by atoms with Crippen molar-refractivity contribution >= 4 is 23.4 Å². The quantitative estimate of drug-likeness (QED) is 0.632. The van der Waals surface area contributed by atoms with Crippen LogP contribution in [0.2, 0.25) is 0 Å². The van der Waals surface area contributed by atoms with Crippen LogP contribution in [-0.2, 0) is 11.2 Å². The number of amides is 1. The van der Waals surface area contributed by atoms with Crippen molar-refractivity contribution < 1.29 is 4.79 Å². The third-order valence-electron chi connectivity index (χ3n) is 5.32. The van der Waals surface area contributed by atoms with E-state index >= 15 is 0 Å². The van der Waals surface area contributed by atoms with Crippen molar-refractivity contribution in [3.05, 3.63) is 59.2 Å². The Labute approximate surface area is 168 Å². The Morgan fingerprint density at radius 1 is 1.14 bits per heavy atom. The van der Waals surface area contributed by atoms with Gasteiger partial charge < -0.3 is 4.90 Å². The normalized spacial score (nSPS) is 16.9. The third kappa shape index (κ3) is 3.20. The number of rotatable bonds is 4. The molecule has 0 aliphatic carbocycles. The molecular weight excluding hydrogens is 370 g/mol. The molecule has 2 atom stereocenters. The van der Waals surface area contributed by atoms with Crippen LogP contribution >= 0.6 is 11.8 Å². The lowest BCUT2D eigenvalue weighted by Crippen LogP contribution is -2.40. The van der Waals surface area contributed by atoms with Gasteiger partial charge >= 0.3 is 0 Å². The van der Waals surface area contributed by atoms with Crippen molar-refractivity contribution in [1.29, 1.82) is 0 Å². The molecule has 2 heterocycles. The summed E-state index contributed by atoms with van der Waals surface area (Å²) in [5.41, 5.74) is 5.47. The number of para-hydroxylation sites is 1. The van der Waals surface area contributed by atoms with Crippen LogP contribution in [0.4, 0.5) is 5.69 Å². The van der Waals surface area contributed by atoms with Gasteiger partial charge in [-0.05, 0) is 73.4 Å². The summed E-state index contributed by atoms with van der Waals surface area (Å²) in [7, 11) is 0. The molecule has 0 fully saturated rings. The maximum Gasteiger partial charge on any atom is 0.240 e. The molecule has 0 N–H and O–H groups in total. The fourth-order valence-corrected chi connectivity index (χ4v) is 4.52. The number of carbonyl (C=O) groups excluding carboxylic acids is 1. The van der Waals surface area contributed by atoms with E-state index in [-0.39, 0.29) is 17.2 Å².